The van der Waals surface area contributed by atoms with Gasteiger partial charge in [0.1, 0.15) is 28.6 Å². The zero-order valence-electron chi connectivity index (χ0n) is 23.7. The molecule has 10 nitrogen and oxygen atoms in total. The highest BCUT2D eigenvalue weighted by molar-refractivity contribution is 8.26. The Hall–Kier alpha value is -3.69. The molecule has 3 rings (SSSR count). The van der Waals surface area contributed by atoms with Crippen LogP contribution in [0.2, 0.25) is 0 Å². The molecule has 1 aromatic carbocycles. The summed E-state index contributed by atoms with van der Waals surface area (Å²) in [6, 6.07) is 3.00. The number of nitrogens with one attached hydrogen (secondary N) is 2. The van der Waals surface area contributed by atoms with E-state index in [2.05, 4.69) is 10.6 Å². The summed E-state index contributed by atoms with van der Waals surface area (Å²) < 4.78 is 32.2. The van der Waals surface area contributed by atoms with Gasteiger partial charge >= 0.3 is 5.97 Å². The van der Waals surface area contributed by atoms with E-state index in [1.807, 2.05) is 0 Å². The maximum absolute atomic E-state index is 13.6. The number of primary amides is 1. The summed E-state index contributed by atoms with van der Waals surface area (Å²) in [7, 11) is 0. The van der Waals surface area contributed by atoms with Gasteiger partial charge in [0, 0.05) is 11.3 Å². The first-order valence-electron chi connectivity index (χ1n) is 12.9. The van der Waals surface area contributed by atoms with Gasteiger partial charge < -0.3 is 21.1 Å². The minimum absolute atomic E-state index is 0.0912. The van der Waals surface area contributed by atoms with Crippen LogP contribution in [-0.4, -0.2) is 63.0 Å². The lowest BCUT2D eigenvalue weighted by molar-refractivity contribution is -0.155. The van der Waals surface area contributed by atoms with E-state index in [4.69, 9.17) is 22.7 Å². The summed E-state index contributed by atoms with van der Waals surface area (Å²) in [5.74, 6) is -5.25. The Bertz CT molecular complexity index is 1490. The molecule has 1 aliphatic heterocycles. The highest BCUT2D eigenvalue weighted by atomic mass is 32.2. The third kappa shape index (κ3) is 9.66. The van der Waals surface area contributed by atoms with Crippen molar-refractivity contribution < 1.29 is 37.5 Å². The fraction of sp³-hybridized carbons (Fsp3) is 0.357. The Kier molecular flexibility index (Phi) is 11.2. The van der Waals surface area contributed by atoms with E-state index in [0.29, 0.717) is 16.0 Å². The van der Waals surface area contributed by atoms with E-state index in [-0.39, 0.29) is 22.1 Å². The average Bonchev–Trinajstić information content (AvgIpc) is 3.46. The predicted molar refractivity (Wildman–Crippen MR) is 163 cm³/mol. The van der Waals surface area contributed by atoms with Crippen LogP contribution in [0.1, 0.15) is 45.4 Å². The topological polar surface area (TPSA) is 148 Å². The van der Waals surface area contributed by atoms with Crippen molar-refractivity contribution in [3.8, 4) is 11.1 Å². The molecule has 0 radical (unpaired) electrons. The summed E-state index contributed by atoms with van der Waals surface area (Å²) in [4.78, 5) is 64.0. The normalized spacial score (nSPS) is 15.8. The predicted octanol–water partition coefficient (Wildman–Crippen LogP) is 3.49. The van der Waals surface area contributed by atoms with Crippen LogP contribution in [0.4, 0.5) is 8.78 Å². The monoisotopic (exact) mass is 652 g/mol. The molecule has 0 spiro atoms. The number of thiocarbonyl (C=S) groups is 1. The molecule has 15 heteroatoms. The van der Waals surface area contributed by atoms with Gasteiger partial charge in [-0.1, -0.05) is 30.0 Å². The van der Waals surface area contributed by atoms with Crippen LogP contribution in [0, 0.1) is 11.6 Å². The van der Waals surface area contributed by atoms with Crippen molar-refractivity contribution in [2.75, 3.05) is 6.54 Å². The van der Waals surface area contributed by atoms with Crippen molar-refractivity contribution >= 4 is 75.3 Å². The van der Waals surface area contributed by atoms with Crippen LogP contribution >= 0.6 is 35.3 Å². The minimum Gasteiger partial charge on any atom is -0.460 e. The van der Waals surface area contributed by atoms with Gasteiger partial charge in [0.05, 0.1) is 4.91 Å². The lowest BCUT2D eigenvalue weighted by Crippen LogP contribution is -2.53. The van der Waals surface area contributed by atoms with Gasteiger partial charge in [0.2, 0.25) is 17.7 Å². The van der Waals surface area contributed by atoms with Crippen LogP contribution in [0.5, 0.6) is 0 Å². The van der Waals surface area contributed by atoms with Gasteiger partial charge in [-0.3, -0.25) is 28.9 Å². The molecule has 2 atom stereocenters. The fourth-order valence-electron chi connectivity index (χ4n) is 3.75. The number of nitrogens with zero attached hydrogens (tertiary/aromatic N) is 1. The van der Waals surface area contributed by atoms with Crippen LogP contribution < -0.4 is 16.4 Å². The SMILES string of the molecule is C[C@H](NC(=O)CN1C(=O)/C(=C/c2cc(-c3ccc(F)c(F)c3)cs2)SC1=S)C(=O)N[C@@H](CCC(=O)OC(C)(C)C)C(N)=O. The number of carbonyl (C=O) groups is 5. The summed E-state index contributed by atoms with van der Waals surface area (Å²) in [6.45, 7) is 6.01. The van der Waals surface area contributed by atoms with E-state index in [1.165, 1.54) is 24.3 Å². The highest BCUT2D eigenvalue weighted by Gasteiger charge is 2.34. The molecule has 43 heavy (non-hydrogen) atoms. The number of amides is 4. The quantitative estimate of drug-likeness (QED) is 0.190. The molecule has 4 amide bonds. The Labute approximate surface area is 260 Å². The van der Waals surface area contributed by atoms with Crippen molar-refractivity contribution in [3.63, 3.8) is 0 Å². The Morgan fingerprint density at radius 2 is 1.81 bits per heavy atom. The lowest BCUT2D eigenvalue weighted by Gasteiger charge is -2.22. The van der Waals surface area contributed by atoms with Gasteiger partial charge in [-0.2, -0.15) is 0 Å². The number of thiophene rings is 1. The first kappa shape index (κ1) is 33.8. The third-order valence-electron chi connectivity index (χ3n) is 5.81. The van der Waals surface area contributed by atoms with E-state index < -0.39 is 65.5 Å². The molecular formula is C28H30F2N4O6S3. The zero-order chi connectivity index (χ0) is 32.1. The van der Waals surface area contributed by atoms with E-state index >= 15 is 0 Å². The highest BCUT2D eigenvalue weighted by Crippen LogP contribution is 2.35. The molecule has 4 N–H and O–H groups in total. The number of thioether (sulfide) groups is 1. The maximum Gasteiger partial charge on any atom is 0.306 e. The molecule has 0 bridgehead atoms. The van der Waals surface area contributed by atoms with Crippen LogP contribution in [0.15, 0.2) is 34.6 Å². The lowest BCUT2D eigenvalue weighted by atomic mass is 10.1. The summed E-state index contributed by atoms with van der Waals surface area (Å²) in [5, 5.41) is 6.60. The Morgan fingerprint density at radius 3 is 2.44 bits per heavy atom. The number of halogens is 2. The van der Waals surface area contributed by atoms with Crippen LogP contribution in [-0.2, 0) is 28.7 Å². The van der Waals surface area contributed by atoms with E-state index in [0.717, 1.165) is 28.8 Å². The van der Waals surface area contributed by atoms with Gasteiger partial charge in [0.15, 0.2) is 11.6 Å². The minimum atomic E-state index is -1.17. The van der Waals surface area contributed by atoms with Gasteiger partial charge in [0.25, 0.3) is 5.91 Å². The van der Waals surface area contributed by atoms with Gasteiger partial charge in [-0.25, -0.2) is 8.78 Å². The molecule has 0 unspecified atom stereocenters. The van der Waals surface area contributed by atoms with E-state index in [9.17, 15) is 32.8 Å². The molecule has 1 aromatic heterocycles. The van der Waals surface area contributed by atoms with Crippen LogP contribution in [0.25, 0.3) is 17.2 Å². The van der Waals surface area contributed by atoms with Crippen LogP contribution in [0.3, 0.4) is 0 Å². The summed E-state index contributed by atoms with van der Waals surface area (Å²) in [6.07, 6.45) is 1.33. The second-order valence-corrected chi connectivity index (χ2v) is 13.1. The standard InChI is InChI=1S/C28H30F2N4O6S3/c1-14(25(38)33-20(24(31)37)7-8-23(36)40-28(2,3)4)32-22(35)12-34-26(39)21(43-27(34)41)11-17-9-16(13-42-17)15-5-6-18(29)19(30)10-15/h5-6,9-11,13-14,20H,7-8,12H2,1-4H3,(H2,31,37)(H,32,35)(H,33,38)/b21-11-/t14-,20-/m0/s1. The van der Waals surface area contributed by atoms with Crippen molar-refractivity contribution in [1.29, 1.82) is 0 Å². The molecule has 1 aliphatic rings. The first-order chi connectivity index (χ1) is 20.0. The smallest absolute Gasteiger partial charge is 0.306 e. The van der Waals surface area contributed by atoms with E-state index in [1.54, 1.807) is 38.3 Å². The number of benzene rings is 1. The Morgan fingerprint density at radius 1 is 1.12 bits per heavy atom. The van der Waals surface area contributed by atoms with Gasteiger partial charge in [-0.05, 0) is 74.9 Å². The van der Waals surface area contributed by atoms with Crippen molar-refractivity contribution in [2.24, 2.45) is 5.73 Å². The number of hydrogen-bond acceptors (Lipinski definition) is 9. The van der Waals surface area contributed by atoms with Crippen molar-refractivity contribution in [3.05, 3.63) is 51.1 Å². The largest absolute Gasteiger partial charge is 0.460 e. The van der Waals surface area contributed by atoms with Crippen molar-refractivity contribution in [1.82, 2.24) is 15.5 Å². The number of ether oxygens (including phenoxy) is 1. The maximum atomic E-state index is 13.6. The first-order valence-corrected chi connectivity index (χ1v) is 15.0. The molecule has 0 saturated carbocycles. The molecule has 1 fully saturated rings. The molecule has 2 aromatic rings. The zero-order valence-corrected chi connectivity index (χ0v) is 26.1. The second-order valence-electron chi connectivity index (χ2n) is 10.5. The average molecular weight is 653 g/mol. The summed E-state index contributed by atoms with van der Waals surface area (Å²) >= 11 is 7.55. The van der Waals surface area contributed by atoms with Gasteiger partial charge in [-0.15, -0.1) is 11.3 Å². The number of esters is 1. The molecular weight excluding hydrogens is 623 g/mol. The summed E-state index contributed by atoms with van der Waals surface area (Å²) in [5.41, 5.74) is 5.76. The second kappa shape index (κ2) is 14.2. The molecule has 1 saturated heterocycles. The van der Waals surface area contributed by atoms with Crippen molar-refractivity contribution in [2.45, 2.75) is 58.2 Å². The number of carbonyl (C=O) groups excluding carboxylic acids is 5. The number of hydrogen-bond donors (Lipinski definition) is 3. The molecule has 230 valence electrons. The number of rotatable bonds is 11. The number of nitrogens with two attached hydrogens (primary N) is 1. The molecule has 2 heterocycles. The third-order valence-corrected chi connectivity index (χ3v) is 8.07. The fourth-order valence-corrected chi connectivity index (χ4v) is 5.92. The molecule has 0 aliphatic carbocycles. The Balaban J connectivity index is 1.56.